The number of aryl methyl sites for hydroxylation is 1. The molecule has 4 rings (SSSR count). The molecule has 0 saturated heterocycles. The minimum absolute atomic E-state index is 0.155. The summed E-state index contributed by atoms with van der Waals surface area (Å²) in [4.78, 5) is 33.5. The van der Waals surface area contributed by atoms with E-state index < -0.39 is 0 Å². The molecule has 1 amide bonds. The summed E-state index contributed by atoms with van der Waals surface area (Å²) in [5, 5.41) is 1.03. The third-order valence-corrected chi connectivity index (χ3v) is 5.81. The highest BCUT2D eigenvalue weighted by Crippen LogP contribution is 2.27. The number of hydrogen-bond acceptors (Lipinski definition) is 4. The fourth-order valence-corrected chi connectivity index (χ4v) is 4.37. The van der Waals surface area contributed by atoms with Gasteiger partial charge < -0.3 is 4.90 Å². The second-order valence-electron chi connectivity index (χ2n) is 6.57. The van der Waals surface area contributed by atoms with Crippen molar-refractivity contribution in [3.8, 4) is 0 Å². The summed E-state index contributed by atoms with van der Waals surface area (Å²) in [7, 11) is 0. The molecule has 0 aliphatic carbocycles. The summed E-state index contributed by atoms with van der Waals surface area (Å²) in [6, 6.07) is 12.6. The van der Waals surface area contributed by atoms with Crippen LogP contribution >= 0.6 is 22.9 Å². The first-order chi connectivity index (χ1) is 13.5. The van der Waals surface area contributed by atoms with E-state index in [4.69, 9.17) is 11.6 Å². The van der Waals surface area contributed by atoms with Gasteiger partial charge in [-0.2, -0.15) is 0 Å². The second-order valence-corrected chi connectivity index (χ2v) is 8.03. The van der Waals surface area contributed by atoms with Gasteiger partial charge in [0.2, 0.25) is 0 Å². The van der Waals surface area contributed by atoms with E-state index in [9.17, 15) is 9.59 Å². The first-order valence-electron chi connectivity index (χ1n) is 8.98. The van der Waals surface area contributed by atoms with E-state index in [1.165, 1.54) is 15.7 Å². The number of nitrogens with zero attached hydrogens (tertiary/aromatic N) is 3. The van der Waals surface area contributed by atoms with Crippen LogP contribution in [0.2, 0.25) is 5.02 Å². The average Bonchev–Trinajstić information content (AvgIpc) is 3.11. The highest BCUT2D eigenvalue weighted by molar-refractivity contribution is 7.20. The zero-order chi connectivity index (χ0) is 19.8. The van der Waals surface area contributed by atoms with Crippen molar-refractivity contribution in [2.24, 2.45) is 0 Å². The number of benzene rings is 1. The van der Waals surface area contributed by atoms with Gasteiger partial charge in [0.1, 0.15) is 10.5 Å². The molecule has 1 aromatic carbocycles. The smallest absolute Gasteiger partial charge is 0.268 e. The van der Waals surface area contributed by atoms with Crippen molar-refractivity contribution in [1.82, 2.24) is 9.38 Å². The Morgan fingerprint density at radius 1 is 1.25 bits per heavy atom. The van der Waals surface area contributed by atoms with Crippen LogP contribution in [-0.4, -0.2) is 21.8 Å². The molecule has 0 atom stereocenters. The number of pyridine rings is 1. The van der Waals surface area contributed by atoms with Gasteiger partial charge in [-0.3, -0.25) is 14.0 Å². The molecule has 0 bridgehead atoms. The van der Waals surface area contributed by atoms with Crippen LogP contribution in [0.3, 0.4) is 0 Å². The van der Waals surface area contributed by atoms with Crippen LogP contribution in [0.15, 0.2) is 53.5 Å². The van der Waals surface area contributed by atoms with Crippen LogP contribution in [-0.2, 0) is 0 Å². The molecule has 7 heteroatoms. The monoisotopic (exact) mass is 411 g/mol. The summed E-state index contributed by atoms with van der Waals surface area (Å²) in [6.45, 7) is 4.48. The van der Waals surface area contributed by atoms with E-state index >= 15 is 0 Å². The first kappa shape index (κ1) is 18.7. The molecular formula is C21H18ClN3O2S. The van der Waals surface area contributed by atoms with Crippen LogP contribution in [0, 0.1) is 6.92 Å². The normalized spacial score (nSPS) is 11.2. The summed E-state index contributed by atoms with van der Waals surface area (Å²) < 4.78 is 1.53. The number of carbonyl (C=O) groups excluding carboxylic acids is 1. The van der Waals surface area contributed by atoms with Crippen molar-refractivity contribution in [3.63, 3.8) is 0 Å². The predicted molar refractivity (Wildman–Crippen MR) is 115 cm³/mol. The Kier molecular flexibility index (Phi) is 4.91. The van der Waals surface area contributed by atoms with Gasteiger partial charge >= 0.3 is 0 Å². The Labute approximate surface area is 170 Å². The number of aromatic nitrogens is 2. The Bertz CT molecular complexity index is 1260. The molecule has 5 nitrogen and oxygen atoms in total. The second kappa shape index (κ2) is 7.37. The number of anilines is 1. The van der Waals surface area contributed by atoms with Gasteiger partial charge in [0.15, 0.2) is 0 Å². The summed E-state index contributed by atoms with van der Waals surface area (Å²) in [6.07, 6.45) is 2.50. The average molecular weight is 412 g/mol. The number of fused-ring (bicyclic) bond motifs is 2. The topological polar surface area (TPSA) is 54.7 Å². The maximum Gasteiger partial charge on any atom is 0.268 e. The van der Waals surface area contributed by atoms with E-state index in [1.807, 2.05) is 38.1 Å². The summed E-state index contributed by atoms with van der Waals surface area (Å²) in [5.41, 5.74) is 2.10. The van der Waals surface area contributed by atoms with E-state index in [0.717, 1.165) is 17.7 Å². The maximum atomic E-state index is 13.2. The molecule has 3 aromatic heterocycles. The van der Waals surface area contributed by atoms with Gasteiger partial charge in [-0.25, -0.2) is 4.98 Å². The molecule has 0 saturated carbocycles. The predicted octanol–water partition coefficient (Wildman–Crippen LogP) is 4.93. The first-order valence-corrected chi connectivity index (χ1v) is 10.2. The van der Waals surface area contributed by atoms with E-state index in [2.05, 4.69) is 4.98 Å². The molecule has 0 fully saturated rings. The Morgan fingerprint density at radius 3 is 2.82 bits per heavy atom. The van der Waals surface area contributed by atoms with Crippen LogP contribution in [0.25, 0.3) is 15.9 Å². The number of hydrogen-bond donors (Lipinski definition) is 0. The standard InChI is InChI=1S/C21H18ClN3O2S/c1-3-9-24(15-8-4-7-14(22)11-15)21(27)17-12-16-19(28-17)23-18-13(2)6-5-10-25(18)20(16)26/h4-8,10-12H,3,9H2,1-2H3. The van der Waals surface area contributed by atoms with Crippen LogP contribution < -0.4 is 10.5 Å². The quantitative estimate of drug-likeness (QED) is 0.478. The van der Waals surface area contributed by atoms with E-state index in [-0.39, 0.29) is 11.5 Å². The lowest BCUT2D eigenvalue weighted by molar-refractivity contribution is 0.0991. The van der Waals surface area contributed by atoms with Crippen molar-refractivity contribution >= 4 is 50.4 Å². The van der Waals surface area contributed by atoms with Gasteiger partial charge in [0, 0.05) is 23.5 Å². The largest absolute Gasteiger partial charge is 0.308 e. The fourth-order valence-electron chi connectivity index (χ4n) is 3.21. The van der Waals surface area contributed by atoms with Crippen molar-refractivity contribution in [1.29, 1.82) is 0 Å². The van der Waals surface area contributed by atoms with Crippen molar-refractivity contribution in [2.45, 2.75) is 20.3 Å². The molecular weight excluding hydrogens is 394 g/mol. The zero-order valence-corrected chi connectivity index (χ0v) is 17.0. The van der Waals surface area contributed by atoms with Crippen LogP contribution in [0.5, 0.6) is 0 Å². The molecule has 4 aromatic rings. The van der Waals surface area contributed by atoms with Crippen molar-refractivity contribution in [2.75, 3.05) is 11.4 Å². The lowest BCUT2D eigenvalue weighted by Crippen LogP contribution is -2.31. The van der Waals surface area contributed by atoms with Gasteiger partial charge in [0.05, 0.1) is 10.3 Å². The highest BCUT2D eigenvalue weighted by Gasteiger charge is 2.21. The molecule has 0 aliphatic heterocycles. The Morgan fingerprint density at radius 2 is 2.07 bits per heavy atom. The number of carbonyl (C=O) groups is 1. The lowest BCUT2D eigenvalue weighted by atomic mass is 10.2. The van der Waals surface area contributed by atoms with Gasteiger partial charge in [-0.05, 0) is 49.2 Å². The lowest BCUT2D eigenvalue weighted by Gasteiger charge is -2.21. The summed E-state index contributed by atoms with van der Waals surface area (Å²) in [5.74, 6) is -0.155. The summed E-state index contributed by atoms with van der Waals surface area (Å²) >= 11 is 7.36. The number of thiophene rings is 1. The highest BCUT2D eigenvalue weighted by atomic mass is 35.5. The third kappa shape index (κ3) is 3.19. The van der Waals surface area contributed by atoms with Gasteiger partial charge in [0.25, 0.3) is 11.5 Å². The van der Waals surface area contributed by atoms with Crippen LogP contribution in [0.1, 0.15) is 28.6 Å². The molecule has 0 aliphatic rings. The molecule has 3 heterocycles. The van der Waals surface area contributed by atoms with Gasteiger partial charge in [-0.15, -0.1) is 11.3 Å². The molecule has 0 N–H and O–H groups in total. The minimum Gasteiger partial charge on any atom is -0.308 e. The zero-order valence-electron chi connectivity index (χ0n) is 15.5. The van der Waals surface area contributed by atoms with E-state index in [0.29, 0.717) is 32.3 Å². The molecule has 0 radical (unpaired) electrons. The Hall–Kier alpha value is -2.70. The minimum atomic E-state index is -0.163. The Balaban J connectivity index is 1.84. The molecule has 28 heavy (non-hydrogen) atoms. The van der Waals surface area contributed by atoms with E-state index in [1.54, 1.807) is 29.3 Å². The van der Waals surface area contributed by atoms with Gasteiger partial charge in [-0.1, -0.05) is 30.7 Å². The fraction of sp³-hybridized carbons (Fsp3) is 0.190. The molecule has 0 unspecified atom stereocenters. The molecule has 0 spiro atoms. The third-order valence-electron chi connectivity index (χ3n) is 4.55. The molecule has 142 valence electrons. The van der Waals surface area contributed by atoms with Crippen molar-refractivity contribution < 1.29 is 4.79 Å². The van der Waals surface area contributed by atoms with Crippen LogP contribution in [0.4, 0.5) is 5.69 Å². The van der Waals surface area contributed by atoms with Crippen molar-refractivity contribution in [3.05, 3.63) is 74.5 Å². The number of halogens is 1. The maximum absolute atomic E-state index is 13.2. The SMILES string of the molecule is CCCN(C(=O)c1cc2c(=O)n3cccc(C)c3nc2s1)c1cccc(Cl)c1. The number of rotatable bonds is 4. The number of amides is 1.